The zero-order valence-electron chi connectivity index (χ0n) is 46.5. The van der Waals surface area contributed by atoms with E-state index in [9.17, 15) is 53.4 Å². The number of pyridine rings is 2. The molecule has 1 unspecified atom stereocenters. The summed E-state index contributed by atoms with van der Waals surface area (Å²) in [6.45, 7) is 13.3. The summed E-state index contributed by atoms with van der Waals surface area (Å²) in [4.78, 5) is 126. The maximum atomic E-state index is 15.5. The maximum Gasteiger partial charge on any atom is 0.343 e. The number of rotatable bonds is 23. The highest BCUT2D eigenvalue weighted by Crippen LogP contribution is 2.46. The number of primary amides is 1. The van der Waals surface area contributed by atoms with E-state index in [-0.39, 0.29) is 101 Å². The number of amides is 8. The van der Waals surface area contributed by atoms with E-state index in [2.05, 4.69) is 39.7 Å². The van der Waals surface area contributed by atoms with E-state index in [4.69, 9.17) is 20.2 Å². The first-order valence-corrected chi connectivity index (χ1v) is 28.3. The number of nitrogens with one attached hydrogen (secondary N) is 5. The average Bonchev–Trinajstić information content (AvgIpc) is 2.48. The molecule has 0 saturated carbocycles. The topological polar surface area (TPSA) is 326 Å². The molecule has 442 valence electrons. The molecule has 9 N–H and O–H groups in total. The van der Waals surface area contributed by atoms with E-state index >= 15 is 4.39 Å². The van der Waals surface area contributed by atoms with Gasteiger partial charge in [0.2, 0.25) is 41.9 Å². The monoisotopic (exact) mass is 1170 g/mol. The number of esters is 1. The predicted molar refractivity (Wildman–Crippen MR) is 302 cm³/mol. The van der Waals surface area contributed by atoms with Gasteiger partial charge in [-0.2, -0.15) is 11.8 Å². The number of fused-ring (bicyclic) bond motifs is 5. The van der Waals surface area contributed by atoms with Crippen LogP contribution in [0.5, 0.6) is 0 Å². The molecule has 0 bridgehead atoms. The molecule has 0 spiro atoms. The van der Waals surface area contributed by atoms with Gasteiger partial charge in [-0.15, -0.1) is 0 Å². The second-order valence-corrected chi connectivity index (χ2v) is 22.1. The SMILES string of the molecule is C=CC(=O)N1CN(C(=O)C=C)CN(C(=O)CCSCC(=O)N[C@H](C(=O)N[C@@H](CCCNC(N)=O)C(=O)Nc2ccc(COC(O)N[C@H]3CCc4c(C)c(F)cc5nc6c(c3c45)Cn3c-6cc4c(c3=O)COC(=O)[C@]4(O)CC)cc2)C(C)C)C1. The number of nitrogens with two attached hydrogens (primary N) is 1. The molecule has 24 nitrogen and oxygen atoms in total. The van der Waals surface area contributed by atoms with Gasteiger partial charge in [-0.05, 0) is 97.6 Å². The molecule has 8 amide bonds. The van der Waals surface area contributed by atoms with Crippen LogP contribution in [0.4, 0.5) is 14.9 Å². The minimum absolute atomic E-state index is 0.0146. The number of anilines is 1. The van der Waals surface area contributed by atoms with Gasteiger partial charge in [0.05, 0.1) is 61.4 Å². The summed E-state index contributed by atoms with van der Waals surface area (Å²) in [5.41, 5.74) is 7.67. The van der Waals surface area contributed by atoms with E-state index in [1.54, 1.807) is 58.0 Å². The second-order valence-electron chi connectivity index (χ2n) is 21.0. The zero-order valence-corrected chi connectivity index (χ0v) is 47.3. The number of carbonyl (C=O) groups is 8. The summed E-state index contributed by atoms with van der Waals surface area (Å²) < 4.78 is 28.1. The molecule has 4 aliphatic rings. The van der Waals surface area contributed by atoms with Crippen molar-refractivity contribution in [1.82, 2.24) is 45.5 Å². The third kappa shape index (κ3) is 13.3. The van der Waals surface area contributed by atoms with Gasteiger partial charge < -0.3 is 66.0 Å². The normalized spacial score (nSPS) is 18.0. The molecular weight excluding hydrogens is 1100 g/mol. The van der Waals surface area contributed by atoms with Crippen LogP contribution in [0.15, 0.2) is 66.5 Å². The highest BCUT2D eigenvalue weighted by Gasteiger charge is 2.46. The summed E-state index contributed by atoms with van der Waals surface area (Å²) in [6, 6.07) is 5.94. The number of aliphatic hydroxyl groups excluding tert-OH is 1. The van der Waals surface area contributed by atoms with Crippen LogP contribution < -0.4 is 37.9 Å². The van der Waals surface area contributed by atoms with Crippen LogP contribution in [0.1, 0.15) is 97.9 Å². The number of aliphatic hydroxyl groups is 2. The van der Waals surface area contributed by atoms with Gasteiger partial charge in [0, 0.05) is 53.0 Å². The van der Waals surface area contributed by atoms with E-state index in [0.29, 0.717) is 63.1 Å². The lowest BCUT2D eigenvalue weighted by atomic mass is 9.81. The van der Waals surface area contributed by atoms with Crippen LogP contribution in [0.2, 0.25) is 0 Å². The number of thioether (sulfide) groups is 1. The lowest BCUT2D eigenvalue weighted by Gasteiger charge is -2.41. The molecule has 83 heavy (non-hydrogen) atoms. The molecular formula is C57H68FN11O13S. The fraction of sp³-hybridized carbons (Fsp3) is 0.439. The molecule has 5 atom stereocenters. The van der Waals surface area contributed by atoms with Gasteiger partial charge in [-0.25, -0.2) is 19.0 Å². The first-order chi connectivity index (χ1) is 39.6. The van der Waals surface area contributed by atoms with Crippen LogP contribution in [0, 0.1) is 18.7 Å². The lowest BCUT2D eigenvalue weighted by molar-refractivity contribution is -0.172. The van der Waals surface area contributed by atoms with Gasteiger partial charge in [0.1, 0.15) is 24.5 Å². The summed E-state index contributed by atoms with van der Waals surface area (Å²) >= 11 is 1.14. The molecule has 1 aliphatic carbocycles. The maximum absolute atomic E-state index is 15.5. The minimum atomic E-state index is -2.04. The molecule has 1 fully saturated rings. The summed E-state index contributed by atoms with van der Waals surface area (Å²) in [7, 11) is 0. The average molecular weight is 1170 g/mol. The van der Waals surface area contributed by atoms with Crippen LogP contribution in [0.3, 0.4) is 0 Å². The zero-order chi connectivity index (χ0) is 60.0. The van der Waals surface area contributed by atoms with Crippen molar-refractivity contribution in [3.63, 3.8) is 0 Å². The van der Waals surface area contributed by atoms with Crippen LogP contribution in [-0.2, 0) is 74.8 Å². The molecule has 2 aromatic heterocycles. The standard InChI is InChI=1S/C57H68FN11O13S/c1-7-44(71)66-27-67(45(72)8-2)29-68(28-66)46(73)18-20-83-26-43(70)65-49(30(4)5)52(75)63-40(11-10-19-60-55(59)78)51(74)61-33-14-12-32(13-15-33)24-82-56(79)64-39-17-16-34-31(6)38(58)22-41-47(34)48(39)35-23-69-42(50(35)62-41)21-37-36(53(69)76)25-81-54(77)57(37,80)9-3/h7-8,12-15,21-22,30,39-40,49,56,64,79-80H,1-2,9-11,16-20,23-29H2,3-6H3,(H,61,74)(H,63,75)(H,65,70)(H3,59,60,78)/t39-,40-,49-,56?,57-/m0/s1. The van der Waals surface area contributed by atoms with E-state index in [0.717, 1.165) is 29.5 Å². The van der Waals surface area contributed by atoms with Gasteiger partial charge >= 0.3 is 12.0 Å². The van der Waals surface area contributed by atoms with Gasteiger partial charge in [-0.1, -0.05) is 46.1 Å². The highest BCUT2D eigenvalue weighted by molar-refractivity contribution is 7.99. The summed E-state index contributed by atoms with van der Waals surface area (Å²) in [6.07, 6.45) is 1.76. The Kier molecular flexibility index (Phi) is 19.2. The smallest absolute Gasteiger partial charge is 0.343 e. The quantitative estimate of drug-likeness (QED) is 0.0202. The van der Waals surface area contributed by atoms with E-state index in [1.165, 1.54) is 25.3 Å². The number of hydrogen-bond acceptors (Lipinski definition) is 16. The van der Waals surface area contributed by atoms with Crippen molar-refractivity contribution in [2.75, 3.05) is 43.4 Å². The van der Waals surface area contributed by atoms with Crippen LogP contribution in [0.25, 0.3) is 22.3 Å². The number of hydrogen-bond donors (Lipinski definition) is 8. The number of halogens is 1. The van der Waals surface area contributed by atoms with Crippen molar-refractivity contribution in [2.24, 2.45) is 11.7 Å². The number of aromatic nitrogens is 2. The number of nitrogens with zero attached hydrogens (tertiary/aromatic N) is 5. The third-order valence-electron chi connectivity index (χ3n) is 15.3. The van der Waals surface area contributed by atoms with Crippen molar-refractivity contribution in [1.29, 1.82) is 0 Å². The molecule has 2 aromatic carbocycles. The Bertz CT molecular complexity index is 3310. The molecule has 0 radical (unpaired) electrons. The number of aryl methyl sites for hydroxylation is 1. The largest absolute Gasteiger partial charge is 0.458 e. The van der Waals surface area contributed by atoms with Gasteiger partial charge in [0.15, 0.2) is 5.60 Å². The third-order valence-corrected chi connectivity index (χ3v) is 16.2. The number of urea groups is 1. The Labute approximate surface area is 481 Å². The van der Waals surface area contributed by atoms with E-state index < -0.39 is 89.0 Å². The van der Waals surface area contributed by atoms with Crippen LogP contribution >= 0.6 is 11.8 Å². The molecule has 8 rings (SSSR count). The Morgan fingerprint density at radius 3 is 2.31 bits per heavy atom. The van der Waals surface area contributed by atoms with Crippen LogP contribution in [-0.4, -0.2) is 138 Å². The fourth-order valence-corrected chi connectivity index (χ4v) is 11.5. The Morgan fingerprint density at radius 2 is 1.66 bits per heavy atom. The number of ether oxygens (including phenoxy) is 2. The lowest BCUT2D eigenvalue weighted by Crippen LogP contribution is -2.59. The first-order valence-electron chi connectivity index (χ1n) is 27.2. The van der Waals surface area contributed by atoms with Crippen molar-refractivity contribution < 1.29 is 62.4 Å². The van der Waals surface area contributed by atoms with Crippen molar-refractivity contribution >= 4 is 75.8 Å². The first kappa shape index (κ1) is 61.0. The molecule has 3 aliphatic heterocycles. The van der Waals surface area contributed by atoms with E-state index in [1.807, 2.05) is 0 Å². The second kappa shape index (κ2) is 26.0. The molecule has 1 saturated heterocycles. The predicted octanol–water partition coefficient (Wildman–Crippen LogP) is 2.48. The number of cyclic esters (lactones) is 1. The number of benzene rings is 2. The number of carbonyl (C=O) groups excluding carboxylic acids is 8. The molecule has 5 heterocycles. The Balaban J connectivity index is 0.876. The molecule has 26 heteroatoms. The van der Waals surface area contributed by atoms with Crippen molar-refractivity contribution in [2.45, 2.75) is 116 Å². The van der Waals surface area contributed by atoms with Gasteiger partial charge in [-0.3, -0.25) is 38.9 Å². The summed E-state index contributed by atoms with van der Waals surface area (Å²) in [5.74, 6) is -4.65. The highest BCUT2D eigenvalue weighted by atomic mass is 32.2. The Morgan fingerprint density at radius 1 is 0.976 bits per heavy atom. The minimum Gasteiger partial charge on any atom is -0.458 e. The Hall–Kier alpha value is -8.04. The van der Waals surface area contributed by atoms with Gasteiger partial charge in [0.25, 0.3) is 5.56 Å². The fourth-order valence-electron chi connectivity index (χ4n) is 10.8. The summed E-state index contributed by atoms with van der Waals surface area (Å²) in [5, 5.41) is 37.4. The molecule has 4 aromatic rings. The van der Waals surface area contributed by atoms with Crippen molar-refractivity contribution in [3.05, 3.63) is 117 Å². The van der Waals surface area contributed by atoms with Crippen molar-refractivity contribution in [3.8, 4) is 11.4 Å².